The Morgan fingerprint density at radius 1 is 1.38 bits per heavy atom. The van der Waals surface area contributed by atoms with Crippen molar-refractivity contribution >= 4 is 12.1 Å². The molecule has 0 radical (unpaired) electrons. The lowest BCUT2D eigenvalue weighted by Gasteiger charge is -2.24. The molecule has 7 heteroatoms. The minimum atomic E-state index is -1.53. The molecule has 0 aliphatic heterocycles. The molecule has 1 rings (SSSR count). The molecule has 2 atom stereocenters. The van der Waals surface area contributed by atoms with Gasteiger partial charge in [-0.1, -0.05) is 6.07 Å². The summed E-state index contributed by atoms with van der Waals surface area (Å²) in [5.74, 6) is -1.36. The molecule has 1 amide bonds. The van der Waals surface area contributed by atoms with Crippen molar-refractivity contribution < 1.29 is 24.5 Å². The topological polar surface area (TPSA) is 109 Å². The van der Waals surface area contributed by atoms with Crippen LogP contribution in [0.5, 0.6) is 0 Å². The molecule has 0 saturated carbocycles. The monoisotopic (exact) mass is 296 g/mol. The molecule has 7 nitrogen and oxygen atoms in total. The van der Waals surface area contributed by atoms with E-state index in [1.807, 2.05) is 0 Å². The highest BCUT2D eigenvalue weighted by Crippen LogP contribution is 2.20. The Bertz CT molecular complexity index is 524. The number of alkyl carbamates (subject to hydrolysis) is 1. The van der Waals surface area contributed by atoms with Crippen LogP contribution in [0.15, 0.2) is 18.3 Å². The first-order valence-corrected chi connectivity index (χ1v) is 6.43. The molecule has 0 saturated heterocycles. The summed E-state index contributed by atoms with van der Waals surface area (Å²) >= 11 is 0. The van der Waals surface area contributed by atoms with Crippen LogP contribution >= 0.6 is 0 Å². The summed E-state index contributed by atoms with van der Waals surface area (Å²) in [6, 6.07) is 1.61. The first kappa shape index (κ1) is 16.9. The van der Waals surface area contributed by atoms with Gasteiger partial charge >= 0.3 is 12.1 Å². The first-order chi connectivity index (χ1) is 9.61. The van der Waals surface area contributed by atoms with Gasteiger partial charge in [0, 0.05) is 17.5 Å². The first-order valence-electron chi connectivity index (χ1n) is 6.43. The lowest BCUT2D eigenvalue weighted by atomic mass is 10.0. The number of pyridine rings is 1. The quantitative estimate of drug-likeness (QED) is 0.775. The van der Waals surface area contributed by atoms with E-state index in [1.165, 1.54) is 6.20 Å². The lowest BCUT2D eigenvalue weighted by molar-refractivity contribution is -0.142. The maximum absolute atomic E-state index is 11.7. The standard InChI is InChI=1S/C14H20N2O5/c1-8-9(6-5-7-15-8)11(17)10(12(18)19)16-13(20)21-14(2,3)4/h5-7,10-11,17H,1-4H3,(H,16,20)(H,18,19). The number of ether oxygens (including phenoxy) is 1. The van der Waals surface area contributed by atoms with Gasteiger partial charge < -0.3 is 20.3 Å². The second-order valence-corrected chi connectivity index (χ2v) is 5.59. The fraction of sp³-hybridized carbons (Fsp3) is 0.500. The van der Waals surface area contributed by atoms with E-state index in [1.54, 1.807) is 39.8 Å². The van der Waals surface area contributed by atoms with Gasteiger partial charge in [-0.3, -0.25) is 4.98 Å². The van der Waals surface area contributed by atoms with Gasteiger partial charge in [0.15, 0.2) is 6.04 Å². The number of carbonyl (C=O) groups is 2. The molecule has 0 aliphatic rings. The maximum Gasteiger partial charge on any atom is 0.408 e. The Morgan fingerprint density at radius 3 is 2.48 bits per heavy atom. The van der Waals surface area contributed by atoms with Gasteiger partial charge in [-0.15, -0.1) is 0 Å². The van der Waals surface area contributed by atoms with E-state index in [4.69, 9.17) is 4.74 Å². The number of hydrogen-bond donors (Lipinski definition) is 3. The number of hydrogen-bond acceptors (Lipinski definition) is 5. The van der Waals surface area contributed by atoms with Gasteiger partial charge in [-0.2, -0.15) is 0 Å². The number of aryl methyl sites for hydroxylation is 1. The van der Waals surface area contributed by atoms with Crippen LogP contribution in [0.4, 0.5) is 4.79 Å². The minimum Gasteiger partial charge on any atom is -0.480 e. The number of carboxylic acids is 1. The number of aromatic nitrogens is 1. The second kappa shape index (κ2) is 6.53. The Labute approximate surface area is 123 Å². The fourth-order valence-electron chi connectivity index (χ4n) is 1.70. The molecule has 0 spiro atoms. The summed E-state index contributed by atoms with van der Waals surface area (Å²) in [7, 11) is 0. The second-order valence-electron chi connectivity index (χ2n) is 5.59. The number of rotatable bonds is 4. The molecule has 21 heavy (non-hydrogen) atoms. The molecular formula is C14H20N2O5. The SMILES string of the molecule is Cc1ncccc1C(O)C(NC(=O)OC(C)(C)C)C(=O)O. The zero-order chi connectivity index (χ0) is 16.2. The van der Waals surface area contributed by atoms with Crippen molar-refractivity contribution in [1.82, 2.24) is 10.3 Å². The highest BCUT2D eigenvalue weighted by atomic mass is 16.6. The molecule has 0 bridgehead atoms. The molecule has 2 unspecified atom stereocenters. The maximum atomic E-state index is 11.7. The highest BCUT2D eigenvalue weighted by molar-refractivity contribution is 5.81. The van der Waals surface area contributed by atoms with Crippen molar-refractivity contribution in [2.24, 2.45) is 0 Å². The van der Waals surface area contributed by atoms with E-state index < -0.39 is 29.8 Å². The molecule has 3 N–H and O–H groups in total. The van der Waals surface area contributed by atoms with E-state index in [0.717, 1.165) is 0 Å². The summed E-state index contributed by atoms with van der Waals surface area (Å²) in [5, 5.41) is 21.5. The molecule has 0 aliphatic carbocycles. The Morgan fingerprint density at radius 2 is 2.00 bits per heavy atom. The Kier molecular flexibility index (Phi) is 5.26. The predicted molar refractivity (Wildman–Crippen MR) is 74.7 cm³/mol. The van der Waals surface area contributed by atoms with Crippen LogP contribution in [0.3, 0.4) is 0 Å². The third kappa shape index (κ3) is 5.03. The highest BCUT2D eigenvalue weighted by Gasteiger charge is 2.32. The molecule has 0 fully saturated rings. The smallest absolute Gasteiger partial charge is 0.408 e. The third-order valence-electron chi connectivity index (χ3n) is 2.62. The zero-order valence-electron chi connectivity index (χ0n) is 12.5. The summed E-state index contributed by atoms with van der Waals surface area (Å²) in [5.41, 5.74) is 0.0608. The summed E-state index contributed by atoms with van der Waals surface area (Å²) in [4.78, 5) is 26.9. The number of carboxylic acid groups (broad SMARTS) is 1. The summed E-state index contributed by atoms with van der Waals surface area (Å²) < 4.78 is 4.99. The summed E-state index contributed by atoms with van der Waals surface area (Å²) in [6.45, 7) is 6.61. The number of aliphatic hydroxyl groups is 1. The van der Waals surface area contributed by atoms with Crippen LogP contribution in [0, 0.1) is 6.92 Å². The predicted octanol–water partition coefficient (Wildman–Crippen LogP) is 1.40. The van der Waals surface area contributed by atoms with E-state index >= 15 is 0 Å². The third-order valence-corrected chi connectivity index (χ3v) is 2.62. The van der Waals surface area contributed by atoms with E-state index in [0.29, 0.717) is 11.3 Å². The molecular weight excluding hydrogens is 276 g/mol. The fourth-order valence-corrected chi connectivity index (χ4v) is 1.70. The van der Waals surface area contributed by atoms with Crippen molar-refractivity contribution in [1.29, 1.82) is 0 Å². The van der Waals surface area contributed by atoms with Gasteiger partial charge in [0.05, 0.1) is 0 Å². The number of amides is 1. The van der Waals surface area contributed by atoms with Crippen molar-refractivity contribution in [3.63, 3.8) is 0 Å². The Hall–Kier alpha value is -2.15. The van der Waals surface area contributed by atoms with E-state index in [9.17, 15) is 19.8 Å². The van der Waals surface area contributed by atoms with Crippen LogP contribution in [-0.2, 0) is 9.53 Å². The largest absolute Gasteiger partial charge is 0.480 e. The van der Waals surface area contributed by atoms with Crippen LogP contribution < -0.4 is 5.32 Å². The number of aliphatic carboxylic acids is 1. The number of carbonyl (C=O) groups excluding carboxylic acids is 1. The van der Waals surface area contributed by atoms with Crippen molar-refractivity contribution in [2.45, 2.75) is 45.4 Å². The average molecular weight is 296 g/mol. The van der Waals surface area contributed by atoms with Crippen molar-refractivity contribution in [3.05, 3.63) is 29.6 Å². The number of nitrogens with zero attached hydrogens (tertiary/aromatic N) is 1. The molecule has 1 aromatic rings. The van der Waals surface area contributed by atoms with Gasteiger partial charge in [0.1, 0.15) is 11.7 Å². The van der Waals surface area contributed by atoms with Gasteiger partial charge in [-0.25, -0.2) is 9.59 Å². The van der Waals surface area contributed by atoms with Crippen LogP contribution in [0.2, 0.25) is 0 Å². The minimum absolute atomic E-state index is 0.334. The van der Waals surface area contributed by atoms with Crippen molar-refractivity contribution in [2.75, 3.05) is 0 Å². The van der Waals surface area contributed by atoms with Crippen LogP contribution in [0.25, 0.3) is 0 Å². The normalized spacial score (nSPS) is 14.1. The van der Waals surface area contributed by atoms with E-state index in [-0.39, 0.29) is 0 Å². The van der Waals surface area contributed by atoms with Gasteiger partial charge in [0.25, 0.3) is 0 Å². The molecule has 0 aromatic carbocycles. The Balaban J connectivity index is 2.90. The average Bonchev–Trinajstić information content (AvgIpc) is 2.33. The van der Waals surface area contributed by atoms with Gasteiger partial charge in [-0.05, 0) is 33.8 Å². The van der Waals surface area contributed by atoms with E-state index in [2.05, 4.69) is 10.3 Å². The summed E-state index contributed by atoms with van der Waals surface area (Å²) in [6.07, 6.45) is -0.804. The molecule has 116 valence electrons. The number of nitrogens with one attached hydrogen (secondary N) is 1. The van der Waals surface area contributed by atoms with Gasteiger partial charge in [0.2, 0.25) is 0 Å². The number of aliphatic hydroxyl groups excluding tert-OH is 1. The van der Waals surface area contributed by atoms with Crippen molar-refractivity contribution in [3.8, 4) is 0 Å². The molecule has 1 heterocycles. The van der Waals surface area contributed by atoms with Crippen LogP contribution in [0.1, 0.15) is 38.1 Å². The van der Waals surface area contributed by atoms with Crippen LogP contribution in [-0.4, -0.2) is 38.9 Å². The zero-order valence-corrected chi connectivity index (χ0v) is 12.5. The molecule has 1 aromatic heterocycles. The lowest BCUT2D eigenvalue weighted by Crippen LogP contribution is -2.47.